The van der Waals surface area contributed by atoms with Gasteiger partial charge in [-0.3, -0.25) is 0 Å². The number of rotatable bonds is 7. The van der Waals surface area contributed by atoms with Crippen molar-refractivity contribution in [2.24, 2.45) is 5.73 Å². The monoisotopic (exact) mass is 313 g/mol. The van der Waals surface area contributed by atoms with Gasteiger partial charge in [0.25, 0.3) is 0 Å². The Labute approximate surface area is 119 Å². The van der Waals surface area contributed by atoms with Crippen molar-refractivity contribution in [3.05, 3.63) is 28.2 Å². The third kappa shape index (κ3) is 4.96. The van der Waals surface area contributed by atoms with Gasteiger partial charge in [0, 0.05) is 23.8 Å². The molecule has 102 valence electrons. The van der Waals surface area contributed by atoms with Crippen LogP contribution < -0.4 is 10.6 Å². The molecule has 0 saturated heterocycles. The molecule has 0 aliphatic carbocycles. The zero-order valence-electron chi connectivity index (χ0n) is 11.6. The van der Waals surface area contributed by atoms with Crippen molar-refractivity contribution in [2.75, 3.05) is 45.7 Å². The molecule has 0 fully saturated rings. The lowest BCUT2D eigenvalue weighted by atomic mass is 10.1. The molecule has 0 unspecified atom stereocenters. The van der Waals surface area contributed by atoms with Gasteiger partial charge in [-0.15, -0.1) is 0 Å². The van der Waals surface area contributed by atoms with Gasteiger partial charge in [0.2, 0.25) is 0 Å². The van der Waals surface area contributed by atoms with Crippen LogP contribution in [0.15, 0.2) is 22.7 Å². The molecular formula is C14H24BrN3. The number of hydrogen-bond acceptors (Lipinski definition) is 3. The lowest BCUT2D eigenvalue weighted by Crippen LogP contribution is -2.23. The van der Waals surface area contributed by atoms with Gasteiger partial charge >= 0.3 is 0 Å². The molecule has 0 aliphatic heterocycles. The maximum absolute atomic E-state index is 5.59. The van der Waals surface area contributed by atoms with Gasteiger partial charge in [0.1, 0.15) is 0 Å². The molecule has 3 nitrogen and oxygen atoms in total. The van der Waals surface area contributed by atoms with E-state index in [4.69, 9.17) is 5.73 Å². The van der Waals surface area contributed by atoms with Crippen LogP contribution in [0.3, 0.4) is 0 Å². The molecule has 0 amide bonds. The number of benzene rings is 1. The van der Waals surface area contributed by atoms with Crippen molar-refractivity contribution in [3.63, 3.8) is 0 Å². The Balaban J connectivity index is 2.57. The molecule has 0 saturated carbocycles. The number of anilines is 1. The molecule has 0 atom stereocenters. The van der Waals surface area contributed by atoms with E-state index in [1.54, 1.807) is 0 Å². The predicted octanol–water partition coefficient (Wildman–Crippen LogP) is 2.34. The fraction of sp³-hybridized carbons (Fsp3) is 0.571. The average Bonchev–Trinajstić information content (AvgIpc) is 2.31. The van der Waals surface area contributed by atoms with E-state index in [1.165, 1.54) is 17.7 Å². The van der Waals surface area contributed by atoms with Crippen LogP contribution in [-0.2, 0) is 6.42 Å². The molecule has 1 aromatic carbocycles. The van der Waals surface area contributed by atoms with Gasteiger partial charge in [-0.2, -0.15) is 0 Å². The minimum atomic E-state index is 0.691. The Morgan fingerprint density at radius 2 is 1.89 bits per heavy atom. The normalized spacial score (nSPS) is 11.0. The summed E-state index contributed by atoms with van der Waals surface area (Å²) >= 11 is 3.62. The maximum atomic E-state index is 5.59. The zero-order chi connectivity index (χ0) is 13.5. The second-order valence-corrected chi connectivity index (χ2v) is 5.75. The summed E-state index contributed by atoms with van der Waals surface area (Å²) in [5, 5.41) is 0. The maximum Gasteiger partial charge on any atom is 0.0375 e. The molecule has 18 heavy (non-hydrogen) atoms. The summed E-state index contributed by atoms with van der Waals surface area (Å²) in [6.45, 7) is 2.88. The predicted molar refractivity (Wildman–Crippen MR) is 83.3 cm³/mol. The highest BCUT2D eigenvalue weighted by atomic mass is 79.9. The number of hydrogen-bond donors (Lipinski definition) is 1. The van der Waals surface area contributed by atoms with Crippen LogP contribution in [0.1, 0.15) is 12.0 Å². The number of nitrogens with two attached hydrogens (primary N) is 1. The van der Waals surface area contributed by atoms with E-state index in [0.717, 1.165) is 24.0 Å². The molecule has 0 radical (unpaired) electrons. The first-order valence-electron chi connectivity index (χ1n) is 6.39. The van der Waals surface area contributed by atoms with Crippen molar-refractivity contribution in [3.8, 4) is 0 Å². The van der Waals surface area contributed by atoms with Crippen LogP contribution in [0.5, 0.6) is 0 Å². The average molecular weight is 314 g/mol. The fourth-order valence-electron chi connectivity index (χ4n) is 1.89. The third-order valence-corrected chi connectivity index (χ3v) is 3.73. The molecule has 1 aromatic rings. The molecule has 0 aromatic heterocycles. The van der Waals surface area contributed by atoms with Crippen LogP contribution in [0, 0.1) is 0 Å². The number of nitrogens with zero attached hydrogens (tertiary/aromatic N) is 2. The van der Waals surface area contributed by atoms with Crippen molar-refractivity contribution < 1.29 is 0 Å². The van der Waals surface area contributed by atoms with Crippen LogP contribution in [0.25, 0.3) is 0 Å². The Bertz CT molecular complexity index is 366. The second-order valence-electron chi connectivity index (χ2n) is 4.89. The Hall–Kier alpha value is -0.580. The van der Waals surface area contributed by atoms with Crippen molar-refractivity contribution in [1.29, 1.82) is 0 Å². The lowest BCUT2D eigenvalue weighted by molar-refractivity contribution is 0.401. The van der Waals surface area contributed by atoms with E-state index in [9.17, 15) is 0 Å². The van der Waals surface area contributed by atoms with Crippen LogP contribution in [-0.4, -0.2) is 45.7 Å². The van der Waals surface area contributed by atoms with Crippen molar-refractivity contribution in [2.45, 2.75) is 12.8 Å². The van der Waals surface area contributed by atoms with E-state index >= 15 is 0 Å². The first-order valence-corrected chi connectivity index (χ1v) is 7.18. The van der Waals surface area contributed by atoms with Gasteiger partial charge in [-0.25, -0.2) is 0 Å². The topological polar surface area (TPSA) is 32.5 Å². The molecule has 0 spiro atoms. The summed E-state index contributed by atoms with van der Waals surface area (Å²) in [5.74, 6) is 0. The summed E-state index contributed by atoms with van der Waals surface area (Å²) in [6.07, 6.45) is 2.09. The Kier molecular flexibility index (Phi) is 6.68. The van der Waals surface area contributed by atoms with Crippen molar-refractivity contribution >= 4 is 21.6 Å². The second kappa shape index (κ2) is 7.77. The minimum Gasteiger partial charge on any atom is -0.375 e. The highest BCUT2D eigenvalue weighted by Gasteiger charge is 2.05. The first kappa shape index (κ1) is 15.5. The van der Waals surface area contributed by atoms with E-state index < -0.39 is 0 Å². The SMILES string of the molecule is CN(C)CCCN(C)c1ccc(CCN)c(Br)c1. The van der Waals surface area contributed by atoms with E-state index in [-0.39, 0.29) is 0 Å². The summed E-state index contributed by atoms with van der Waals surface area (Å²) in [4.78, 5) is 4.51. The van der Waals surface area contributed by atoms with Gasteiger partial charge < -0.3 is 15.5 Å². The van der Waals surface area contributed by atoms with Gasteiger partial charge in [-0.1, -0.05) is 22.0 Å². The lowest BCUT2D eigenvalue weighted by Gasteiger charge is -2.21. The molecule has 1 rings (SSSR count). The molecular weight excluding hydrogens is 290 g/mol. The summed E-state index contributed by atoms with van der Waals surface area (Å²) in [7, 11) is 6.36. The third-order valence-electron chi connectivity index (χ3n) is 2.99. The quantitative estimate of drug-likeness (QED) is 0.838. The zero-order valence-corrected chi connectivity index (χ0v) is 13.2. The molecule has 2 N–H and O–H groups in total. The summed E-state index contributed by atoms with van der Waals surface area (Å²) < 4.78 is 1.16. The summed E-state index contributed by atoms with van der Waals surface area (Å²) in [5.41, 5.74) is 8.12. The highest BCUT2D eigenvalue weighted by molar-refractivity contribution is 9.10. The summed E-state index contributed by atoms with van der Waals surface area (Å²) in [6, 6.07) is 6.51. The Morgan fingerprint density at radius 1 is 1.17 bits per heavy atom. The van der Waals surface area contributed by atoms with E-state index in [1.807, 2.05) is 0 Å². The Morgan fingerprint density at radius 3 is 2.44 bits per heavy atom. The first-order chi connectivity index (χ1) is 8.54. The number of halogens is 1. The van der Waals surface area contributed by atoms with Gasteiger partial charge in [0.15, 0.2) is 0 Å². The molecule has 4 heteroatoms. The van der Waals surface area contributed by atoms with E-state index in [0.29, 0.717) is 6.54 Å². The van der Waals surface area contributed by atoms with Gasteiger partial charge in [0.05, 0.1) is 0 Å². The molecule has 0 heterocycles. The minimum absolute atomic E-state index is 0.691. The van der Waals surface area contributed by atoms with Crippen molar-refractivity contribution in [1.82, 2.24) is 4.90 Å². The van der Waals surface area contributed by atoms with Gasteiger partial charge in [-0.05, 0) is 57.7 Å². The van der Waals surface area contributed by atoms with Crippen LogP contribution in [0.2, 0.25) is 0 Å². The largest absolute Gasteiger partial charge is 0.375 e. The standard InChI is InChI=1S/C14H24BrN3/c1-17(2)9-4-10-18(3)13-6-5-12(7-8-16)14(15)11-13/h5-6,11H,4,7-10,16H2,1-3H3. The smallest absolute Gasteiger partial charge is 0.0375 e. The fourth-order valence-corrected chi connectivity index (χ4v) is 2.45. The molecule has 0 bridgehead atoms. The highest BCUT2D eigenvalue weighted by Crippen LogP contribution is 2.24. The van der Waals surface area contributed by atoms with E-state index in [2.05, 4.69) is 65.1 Å². The molecule has 0 aliphatic rings. The van der Waals surface area contributed by atoms with Crippen LogP contribution in [0.4, 0.5) is 5.69 Å². The van der Waals surface area contributed by atoms with Crippen LogP contribution >= 0.6 is 15.9 Å².